The lowest BCUT2D eigenvalue weighted by Crippen LogP contribution is -2.52. The normalized spacial score (nSPS) is 12.0. The highest BCUT2D eigenvalue weighted by molar-refractivity contribution is 7.92. The first-order valence-corrected chi connectivity index (χ1v) is 15.3. The fourth-order valence-electron chi connectivity index (χ4n) is 4.47. The second kappa shape index (κ2) is 14.1. The molecule has 0 unspecified atom stereocenters. The van der Waals surface area contributed by atoms with E-state index in [1.165, 1.54) is 4.90 Å². The largest absolute Gasteiger partial charge is 0.354 e. The third-order valence-corrected chi connectivity index (χ3v) is 8.65. The Balaban J connectivity index is 2.03. The fourth-order valence-corrected chi connectivity index (χ4v) is 5.87. The maximum Gasteiger partial charge on any atom is 0.264 e. The number of nitrogens with zero attached hydrogens (tertiary/aromatic N) is 2. The summed E-state index contributed by atoms with van der Waals surface area (Å²) in [6, 6.07) is 20.7. The predicted molar refractivity (Wildman–Crippen MR) is 161 cm³/mol. The zero-order valence-electron chi connectivity index (χ0n) is 24.2. The van der Waals surface area contributed by atoms with E-state index in [1.54, 1.807) is 42.5 Å². The molecule has 0 saturated carbocycles. The van der Waals surface area contributed by atoms with Gasteiger partial charge in [0.15, 0.2) is 0 Å². The van der Waals surface area contributed by atoms with Gasteiger partial charge in [-0.3, -0.25) is 13.9 Å². The number of carbonyl (C=O) groups excluding carboxylic acids is 2. The van der Waals surface area contributed by atoms with Gasteiger partial charge in [-0.15, -0.1) is 0 Å². The first-order valence-electron chi connectivity index (χ1n) is 13.9. The standard InChI is InChI=1S/C32H41N3O4S/c1-6-8-20-33-32(37)30(7-2)34(22-27-16-12-24(3)13-17-27)31(36)23-35(28-11-9-10-26(5)21-28)40(38,39)29-18-14-25(4)15-19-29/h9-19,21,30H,6-8,20,22-23H2,1-5H3,(H,33,37)/t30-/m0/s1. The van der Waals surface area contributed by atoms with Crippen LogP contribution in [0.3, 0.4) is 0 Å². The first-order chi connectivity index (χ1) is 19.1. The Morgan fingerprint density at radius 1 is 0.850 bits per heavy atom. The Morgan fingerprint density at radius 3 is 2.05 bits per heavy atom. The van der Waals surface area contributed by atoms with Gasteiger partial charge in [0.2, 0.25) is 11.8 Å². The van der Waals surface area contributed by atoms with Crippen LogP contribution < -0.4 is 9.62 Å². The number of unbranched alkanes of at least 4 members (excludes halogenated alkanes) is 1. The summed E-state index contributed by atoms with van der Waals surface area (Å²) < 4.78 is 29.0. The van der Waals surface area contributed by atoms with E-state index in [2.05, 4.69) is 5.32 Å². The van der Waals surface area contributed by atoms with Gasteiger partial charge in [-0.1, -0.05) is 79.9 Å². The predicted octanol–water partition coefficient (Wildman–Crippen LogP) is 5.53. The number of rotatable bonds is 13. The van der Waals surface area contributed by atoms with E-state index < -0.39 is 28.5 Å². The van der Waals surface area contributed by atoms with Gasteiger partial charge in [0.1, 0.15) is 12.6 Å². The highest BCUT2D eigenvalue weighted by atomic mass is 32.2. The molecule has 0 heterocycles. The molecule has 3 aromatic carbocycles. The monoisotopic (exact) mass is 563 g/mol. The number of carbonyl (C=O) groups is 2. The second-order valence-electron chi connectivity index (χ2n) is 10.2. The average molecular weight is 564 g/mol. The summed E-state index contributed by atoms with van der Waals surface area (Å²) in [6.45, 7) is 9.92. The zero-order chi connectivity index (χ0) is 29.3. The van der Waals surface area contributed by atoms with Crippen LogP contribution in [0.5, 0.6) is 0 Å². The molecule has 214 valence electrons. The Morgan fingerprint density at radius 2 is 1.48 bits per heavy atom. The van der Waals surface area contributed by atoms with E-state index in [1.807, 2.05) is 65.0 Å². The van der Waals surface area contributed by atoms with Crippen molar-refractivity contribution >= 4 is 27.5 Å². The highest BCUT2D eigenvalue weighted by Crippen LogP contribution is 2.26. The SMILES string of the molecule is CCCCNC(=O)[C@H](CC)N(Cc1ccc(C)cc1)C(=O)CN(c1cccc(C)c1)S(=O)(=O)c1ccc(C)cc1. The lowest BCUT2D eigenvalue weighted by molar-refractivity contribution is -0.140. The van der Waals surface area contributed by atoms with Gasteiger partial charge in [0, 0.05) is 13.1 Å². The summed E-state index contributed by atoms with van der Waals surface area (Å²) in [5.41, 5.74) is 4.14. The summed E-state index contributed by atoms with van der Waals surface area (Å²) in [5.74, 6) is -0.685. The summed E-state index contributed by atoms with van der Waals surface area (Å²) in [5, 5.41) is 2.95. The molecule has 7 nitrogen and oxygen atoms in total. The summed E-state index contributed by atoms with van der Waals surface area (Å²) in [6.07, 6.45) is 2.17. The van der Waals surface area contributed by atoms with Crippen molar-refractivity contribution in [1.29, 1.82) is 0 Å². The smallest absolute Gasteiger partial charge is 0.264 e. The van der Waals surface area contributed by atoms with Crippen LogP contribution in [-0.2, 0) is 26.2 Å². The van der Waals surface area contributed by atoms with Crippen LogP contribution >= 0.6 is 0 Å². The molecule has 40 heavy (non-hydrogen) atoms. The fraction of sp³-hybridized carbons (Fsp3) is 0.375. The van der Waals surface area contributed by atoms with Gasteiger partial charge >= 0.3 is 0 Å². The second-order valence-corrected chi connectivity index (χ2v) is 12.1. The Kier molecular flexibility index (Phi) is 10.9. The average Bonchev–Trinajstić information content (AvgIpc) is 2.93. The van der Waals surface area contributed by atoms with Crippen LogP contribution in [0.25, 0.3) is 0 Å². The number of anilines is 1. The molecule has 1 N–H and O–H groups in total. The maximum absolute atomic E-state index is 14.1. The number of benzene rings is 3. The topological polar surface area (TPSA) is 86.8 Å². The molecule has 3 rings (SSSR count). The molecule has 0 aromatic heterocycles. The van der Waals surface area contributed by atoms with E-state index in [4.69, 9.17) is 0 Å². The Bertz CT molecular complexity index is 1390. The van der Waals surface area contributed by atoms with Crippen LogP contribution in [-0.4, -0.2) is 44.3 Å². The minimum absolute atomic E-state index is 0.0989. The van der Waals surface area contributed by atoms with Gasteiger partial charge in [0.25, 0.3) is 10.0 Å². The van der Waals surface area contributed by atoms with Gasteiger partial charge < -0.3 is 10.2 Å². The molecule has 0 bridgehead atoms. The van der Waals surface area contributed by atoms with Crippen LogP contribution in [0.1, 0.15) is 55.4 Å². The highest BCUT2D eigenvalue weighted by Gasteiger charge is 2.33. The van der Waals surface area contributed by atoms with E-state index in [-0.39, 0.29) is 17.3 Å². The van der Waals surface area contributed by atoms with Crippen molar-refractivity contribution in [3.63, 3.8) is 0 Å². The van der Waals surface area contributed by atoms with Gasteiger partial charge in [-0.2, -0.15) is 0 Å². The zero-order valence-corrected chi connectivity index (χ0v) is 25.0. The molecule has 0 aliphatic rings. The van der Waals surface area contributed by atoms with Crippen LogP contribution in [0.4, 0.5) is 5.69 Å². The molecule has 3 aromatic rings. The number of nitrogens with one attached hydrogen (secondary N) is 1. The maximum atomic E-state index is 14.1. The Hall–Kier alpha value is -3.65. The minimum atomic E-state index is -4.08. The molecule has 1 atom stereocenters. The van der Waals surface area contributed by atoms with Crippen molar-refractivity contribution in [2.75, 3.05) is 17.4 Å². The van der Waals surface area contributed by atoms with Crippen molar-refractivity contribution in [3.8, 4) is 0 Å². The third kappa shape index (κ3) is 7.94. The van der Waals surface area contributed by atoms with Crippen molar-refractivity contribution < 1.29 is 18.0 Å². The molecule has 8 heteroatoms. The number of sulfonamides is 1. The van der Waals surface area contributed by atoms with Crippen LogP contribution in [0.2, 0.25) is 0 Å². The van der Waals surface area contributed by atoms with E-state index in [0.717, 1.165) is 39.4 Å². The van der Waals surface area contributed by atoms with E-state index in [0.29, 0.717) is 18.7 Å². The molecule has 2 amide bonds. The van der Waals surface area contributed by atoms with Crippen LogP contribution in [0.15, 0.2) is 77.7 Å². The molecular formula is C32H41N3O4S. The van der Waals surface area contributed by atoms with Gasteiger partial charge in [-0.25, -0.2) is 8.42 Å². The molecule has 0 aliphatic heterocycles. The molecule has 0 spiro atoms. The van der Waals surface area contributed by atoms with Crippen molar-refractivity contribution in [2.45, 2.75) is 71.4 Å². The van der Waals surface area contributed by atoms with Gasteiger partial charge in [-0.05, 0) is 69.0 Å². The lowest BCUT2D eigenvalue weighted by Gasteiger charge is -2.33. The molecule has 0 fully saturated rings. The molecule has 0 aliphatic carbocycles. The summed E-state index contributed by atoms with van der Waals surface area (Å²) in [4.78, 5) is 29.0. The summed E-state index contributed by atoms with van der Waals surface area (Å²) >= 11 is 0. The quantitative estimate of drug-likeness (QED) is 0.277. The van der Waals surface area contributed by atoms with E-state index >= 15 is 0 Å². The molecule has 0 saturated heterocycles. The van der Waals surface area contributed by atoms with Crippen LogP contribution in [0, 0.1) is 20.8 Å². The lowest BCUT2D eigenvalue weighted by atomic mass is 10.1. The molecule has 0 radical (unpaired) electrons. The Labute approximate surface area is 239 Å². The van der Waals surface area contributed by atoms with E-state index in [9.17, 15) is 18.0 Å². The minimum Gasteiger partial charge on any atom is -0.354 e. The van der Waals surface area contributed by atoms with Crippen molar-refractivity contribution in [1.82, 2.24) is 10.2 Å². The molecular weight excluding hydrogens is 522 g/mol. The number of hydrogen-bond donors (Lipinski definition) is 1. The first kappa shape index (κ1) is 30.9. The number of aryl methyl sites for hydroxylation is 3. The van der Waals surface area contributed by atoms with Gasteiger partial charge in [0.05, 0.1) is 10.6 Å². The third-order valence-electron chi connectivity index (χ3n) is 6.87. The van der Waals surface area contributed by atoms with Crippen molar-refractivity contribution in [3.05, 3.63) is 95.1 Å². The summed E-state index contributed by atoms with van der Waals surface area (Å²) in [7, 11) is -4.08. The van der Waals surface area contributed by atoms with Crippen molar-refractivity contribution in [2.24, 2.45) is 0 Å². The number of hydrogen-bond acceptors (Lipinski definition) is 4. The number of amides is 2.